The molecule has 0 bridgehead atoms. The third-order valence-corrected chi connectivity index (χ3v) is 4.72. The summed E-state index contributed by atoms with van der Waals surface area (Å²) in [7, 11) is -3.34. The van der Waals surface area contributed by atoms with Crippen LogP contribution in [-0.2, 0) is 14.3 Å². The van der Waals surface area contributed by atoms with E-state index in [1.54, 1.807) is 0 Å². The van der Waals surface area contributed by atoms with Gasteiger partial charge in [-0.1, -0.05) is 25.5 Å². The molecule has 0 amide bonds. The Morgan fingerprint density at radius 2 is 1.73 bits per heavy atom. The first-order valence-electron chi connectivity index (χ1n) is 8.09. The van der Waals surface area contributed by atoms with Crippen LogP contribution in [-0.4, -0.2) is 27.4 Å². The van der Waals surface area contributed by atoms with Crippen LogP contribution in [0.3, 0.4) is 0 Å². The minimum atomic E-state index is -3.34. The lowest BCUT2D eigenvalue weighted by atomic mass is 9.83. The summed E-state index contributed by atoms with van der Waals surface area (Å²) in [4.78, 5) is 0. The summed E-state index contributed by atoms with van der Waals surface area (Å²) < 4.78 is 33.1. The van der Waals surface area contributed by atoms with Crippen LogP contribution in [0.25, 0.3) is 0 Å². The third kappa shape index (κ3) is 5.61. The highest BCUT2D eigenvalue weighted by Gasteiger charge is 2.25. The fourth-order valence-electron chi connectivity index (χ4n) is 2.91. The van der Waals surface area contributed by atoms with E-state index in [2.05, 4.69) is 19.1 Å². The van der Waals surface area contributed by atoms with Gasteiger partial charge in [0.1, 0.15) is 5.75 Å². The molecule has 1 aromatic rings. The zero-order chi connectivity index (χ0) is 16.0. The van der Waals surface area contributed by atoms with Gasteiger partial charge in [0.05, 0.1) is 19.0 Å². The summed E-state index contributed by atoms with van der Waals surface area (Å²) in [5.41, 5.74) is 1.31. The van der Waals surface area contributed by atoms with Crippen molar-refractivity contribution in [3.63, 3.8) is 0 Å². The molecule has 0 spiro atoms. The smallest absolute Gasteiger partial charge is 0.264 e. The highest BCUT2D eigenvalue weighted by molar-refractivity contribution is 7.86. The van der Waals surface area contributed by atoms with Gasteiger partial charge in [-0.05, 0) is 55.7 Å². The number of unbranched alkanes of at least 4 members (excludes halogenated alkanes) is 1. The van der Waals surface area contributed by atoms with Crippen LogP contribution >= 0.6 is 0 Å². The van der Waals surface area contributed by atoms with E-state index in [9.17, 15) is 8.42 Å². The van der Waals surface area contributed by atoms with Gasteiger partial charge >= 0.3 is 0 Å². The lowest BCUT2D eigenvalue weighted by Gasteiger charge is -2.28. The summed E-state index contributed by atoms with van der Waals surface area (Å²) in [5.74, 6) is 1.41. The fourth-order valence-corrected chi connectivity index (χ4v) is 3.60. The molecule has 0 unspecified atom stereocenters. The van der Waals surface area contributed by atoms with Crippen molar-refractivity contribution in [1.29, 1.82) is 0 Å². The predicted molar refractivity (Wildman–Crippen MR) is 87.8 cm³/mol. The largest absolute Gasteiger partial charge is 0.494 e. The highest BCUT2D eigenvalue weighted by Crippen LogP contribution is 2.35. The van der Waals surface area contributed by atoms with E-state index < -0.39 is 10.1 Å². The van der Waals surface area contributed by atoms with Gasteiger partial charge in [-0.25, -0.2) is 0 Å². The molecule has 22 heavy (non-hydrogen) atoms. The summed E-state index contributed by atoms with van der Waals surface area (Å²) in [6.07, 6.45) is 6.72. The fraction of sp³-hybridized carbons (Fsp3) is 0.647. The second kappa shape index (κ2) is 7.97. The number of hydrogen-bond acceptors (Lipinski definition) is 4. The zero-order valence-electron chi connectivity index (χ0n) is 13.5. The van der Waals surface area contributed by atoms with Crippen LogP contribution in [0.5, 0.6) is 5.75 Å². The zero-order valence-corrected chi connectivity index (χ0v) is 14.3. The Bertz CT molecular complexity index is 543. The molecule has 0 radical (unpaired) electrons. The lowest BCUT2D eigenvalue weighted by Crippen LogP contribution is -2.23. The second-order valence-corrected chi connectivity index (χ2v) is 7.65. The van der Waals surface area contributed by atoms with Crippen molar-refractivity contribution in [3.8, 4) is 5.75 Å². The van der Waals surface area contributed by atoms with Crippen LogP contribution in [0, 0.1) is 0 Å². The molecule has 0 N–H and O–H groups in total. The molecule has 2 rings (SSSR count). The normalized spacial score (nSPS) is 22.5. The van der Waals surface area contributed by atoms with Gasteiger partial charge in [0.2, 0.25) is 0 Å². The van der Waals surface area contributed by atoms with Gasteiger partial charge in [-0.15, -0.1) is 0 Å². The molecule has 124 valence electrons. The average Bonchev–Trinajstić information content (AvgIpc) is 2.48. The molecule has 5 heteroatoms. The molecule has 0 heterocycles. The Hall–Kier alpha value is -1.07. The Morgan fingerprint density at radius 3 is 2.27 bits per heavy atom. The van der Waals surface area contributed by atoms with Crippen LogP contribution in [0.1, 0.15) is 56.9 Å². The van der Waals surface area contributed by atoms with Crippen molar-refractivity contribution in [1.82, 2.24) is 0 Å². The Labute approximate surface area is 134 Å². The van der Waals surface area contributed by atoms with E-state index in [0.717, 1.165) is 57.1 Å². The minimum absolute atomic E-state index is 0.150. The van der Waals surface area contributed by atoms with Crippen molar-refractivity contribution >= 4 is 10.1 Å². The summed E-state index contributed by atoms with van der Waals surface area (Å²) >= 11 is 0. The highest BCUT2D eigenvalue weighted by atomic mass is 32.2. The molecule has 0 atom stereocenters. The number of hydrogen-bond donors (Lipinski definition) is 0. The minimum Gasteiger partial charge on any atom is -0.494 e. The first-order chi connectivity index (χ1) is 10.5. The van der Waals surface area contributed by atoms with E-state index in [1.165, 1.54) is 5.56 Å². The topological polar surface area (TPSA) is 52.6 Å². The summed E-state index contributed by atoms with van der Waals surface area (Å²) in [5, 5.41) is 0. The molecular weight excluding hydrogens is 300 g/mol. The molecule has 1 saturated carbocycles. The van der Waals surface area contributed by atoms with Crippen LogP contribution in [0.4, 0.5) is 0 Å². The molecule has 1 fully saturated rings. The van der Waals surface area contributed by atoms with Crippen molar-refractivity contribution in [2.24, 2.45) is 0 Å². The Morgan fingerprint density at radius 1 is 1.09 bits per heavy atom. The quantitative estimate of drug-likeness (QED) is 0.564. The van der Waals surface area contributed by atoms with Gasteiger partial charge in [0.25, 0.3) is 10.1 Å². The van der Waals surface area contributed by atoms with Crippen molar-refractivity contribution < 1.29 is 17.3 Å². The Balaban J connectivity index is 1.83. The van der Waals surface area contributed by atoms with Crippen LogP contribution in [0.15, 0.2) is 24.3 Å². The molecule has 0 saturated heterocycles. The molecule has 4 nitrogen and oxygen atoms in total. The molecule has 1 aliphatic carbocycles. The van der Waals surface area contributed by atoms with Gasteiger partial charge < -0.3 is 4.74 Å². The number of rotatable bonds is 7. The maximum Gasteiger partial charge on any atom is 0.264 e. The lowest BCUT2D eigenvalue weighted by molar-refractivity contribution is 0.155. The van der Waals surface area contributed by atoms with E-state index in [-0.39, 0.29) is 6.10 Å². The van der Waals surface area contributed by atoms with Gasteiger partial charge in [0.15, 0.2) is 0 Å². The monoisotopic (exact) mass is 326 g/mol. The van der Waals surface area contributed by atoms with Gasteiger partial charge in [-0.2, -0.15) is 8.42 Å². The van der Waals surface area contributed by atoms with E-state index in [4.69, 9.17) is 8.92 Å². The molecule has 1 aliphatic rings. The van der Waals surface area contributed by atoms with Gasteiger partial charge in [0, 0.05) is 0 Å². The van der Waals surface area contributed by atoms with Gasteiger partial charge in [-0.3, -0.25) is 4.18 Å². The third-order valence-electron chi connectivity index (χ3n) is 4.10. The number of ether oxygens (including phenoxy) is 1. The molecular formula is C17H26O4S. The van der Waals surface area contributed by atoms with E-state index in [0.29, 0.717) is 5.92 Å². The Kier molecular flexibility index (Phi) is 6.26. The van der Waals surface area contributed by atoms with Crippen LogP contribution in [0.2, 0.25) is 0 Å². The first kappa shape index (κ1) is 17.3. The summed E-state index contributed by atoms with van der Waals surface area (Å²) in [6, 6.07) is 8.32. The maximum atomic E-state index is 11.2. The van der Waals surface area contributed by atoms with E-state index in [1.807, 2.05) is 12.1 Å². The maximum absolute atomic E-state index is 11.2. The molecule has 1 aromatic carbocycles. The molecule has 0 aromatic heterocycles. The second-order valence-electron chi connectivity index (χ2n) is 6.05. The first-order valence-corrected chi connectivity index (χ1v) is 9.90. The van der Waals surface area contributed by atoms with E-state index >= 15 is 0 Å². The van der Waals surface area contributed by atoms with Crippen molar-refractivity contribution in [2.75, 3.05) is 12.9 Å². The number of benzene rings is 1. The SMILES string of the molecule is CCCCOc1ccc(C2CCC(OS(C)(=O)=O)CC2)cc1. The van der Waals surface area contributed by atoms with Crippen LogP contribution < -0.4 is 4.74 Å². The van der Waals surface area contributed by atoms with Crippen molar-refractivity contribution in [2.45, 2.75) is 57.5 Å². The summed E-state index contributed by atoms with van der Waals surface area (Å²) in [6.45, 7) is 2.92. The standard InChI is InChI=1S/C17H26O4S/c1-3-4-13-20-16-9-5-14(6-10-16)15-7-11-17(12-8-15)21-22(2,18)19/h5-6,9-10,15,17H,3-4,7-8,11-13H2,1-2H3. The molecule has 0 aliphatic heterocycles. The average molecular weight is 326 g/mol. The van der Waals surface area contributed by atoms with Crippen molar-refractivity contribution in [3.05, 3.63) is 29.8 Å². The predicted octanol–water partition coefficient (Wildman–Crippen LogP) is 3.87.